The molecule has 1 aliphatic rings. The van der Waals surface area contributed by atoms with Crippen molar-refractivity contribution in [3.63, 3.8) is 0 Å². The lowest BCUT2D eigenvalue weighted by molar-refractivity contribution is 0.0904. The number of aliphatic hydroxyl groups is 2. The second kappa shape index (κ2) is 14.6. The van der Waals surface area contributed by atoms with Crippen molar-refractivity contribution < 1.29 is 24.9 Å². The molecule has 0 bridgehead atoms. The van der Waals surface area contributed by atoms with E-state index in [2.05, 4.69) is 34.9 Å². The number of amides is 1. The fourth-order valence-electron chi connectivity index (χ4n) is 5.60. The van der Waals surface area contributed by atoms with Crippen molar-refractivity contribution in [2.45, 2.75) is 71.5 Å². The standard InChI is InChI=1S/C33H42N6O5/c1-3-28-26(31(37-25-10-12-44-13-11-25)27-18-36-39(4-2)32(27)38-28)17-35-33(43)23-7-5-6-21(14-23)16-34-19-30(42)22-8-9-29(41)24(15-22)20-40/h5-9,14-15,18,25,30,34,40-42H,3-4,10-13,16-17,19-20H2,1-2H3,(H,35,43)(H,37,38). The first-order valence-corrected chi connectivity index (χ1v) is 15.3. The van der Waals surface area contributed by atoms with Gasteiger partial charge in [-0.15, -0.1) is 0 Å². The number of hydrogen-bond acceptors (Lipinski definition) is 9. The molecule has 44 heavy (non-hydrogen) atoms. The van der Waals surface area contributed by atoms with Gasteiger partial charge >= 0.3 is 0 Å². The quantitative estimate of drug-likeness (QED) is 0.135. The van der Waals surface area contributed by atoms with Crippen molar-refractivity contribution in [1.82, 2.24) is 25.4 Å². The zero-order chi connectivity index (χ0) is 31.1. The van der Waals surface area contributed by atoms with Crippen LogP contribution in [0.4, 0.5) is 5.69 Å². The molecule has 2 aromatic heterocycles. The Morgan fingerprint density at radius 2 is 1.95 bits per heavy atom. The summed E-state index contributed by atoms with van der Waals surface area (Å²) in [6.07, 6.45) is 3.58. The van der Waals surface area contributed by atoms with Gasteiger partial charge in [0, 0.05) is 67.8 Å². The topological polar surface area (TPSA) is 154 Å². The Kier molecular flexibility index (Phi) is 10.4. The van der Waals surface area contributed by atoms with E-state index in [0.717, 1.165) is 72.6 Å². The van der Waals surface area contributed by atoms with E-state index < -0.39 is 6.10 Å². The largest absolute Gasteiger partial charge is 0.508 e. The lowest BCUT2D eigenvalue weighted by Gasteiger charge is -2.26. The third-order valence-corrected chi connectivity index (χ3v) is 8.12. The summed E-state index contributed by atoms with van der Waals surface area (Å²) >= 11 is 0. The number of aromatic nitrogens is 3. The van der Waals surface area contributed by atoms with E-state index in [9.17, 15) is 20.1 Å². The molecule has 0 saturated carbocycles. The van der Waals surface area contributed by atoms with Gasteiger partial charge in [-0.1, -0.05) is 25.1 Å². The summed E-state index contributed by atoms with van der Waals surface area (Å²) in [5.74, 6) is -0.190. The van der Waals surface area contributed by atoms with Crippen LogP contribution in [-0.2, 0) is 37.4 Å². The van der Waals surface area contributed by atoms with Crippen LogP contribution in [-0.4, -0.2) is 61.8 Å². The van der Waals surface area contributed by atoms with Crippen LogP contribution in [0.15, 0.2) is 48.7 Å². The molecule has 4 aromatic rings. The number of carbonyl (C=O) groups is 1. The first kappa shape index (κ1) is 31.4. The molecule has 234 valence electrons. The average Bonchev–Trinajstić information content (AvgIpc) is 3.47. The first-order chi connectivity index (χ1) is 21.4. The zero-order valence-corrected chi connectivity index (χ0v) is 25.3. The summed E-state index contributed by atoms with van der Waals surface area (Å²) in [5, 5.41) is 45.3. The first-order valence-electron chi connectivity index (χ1n) is 15.3. The average molecular weight is 603 g/mol. The highest BCUT2D eigenvalue weighted by molar-refractivity contribution is 5.95. The highest BCUT2D eigenvalue weighted by Crippen LogP contribution is 2.31. The van der Waals surface area contributed by atoms with Crippen LogP contribution in [0.5, 0.6) is 5.75 Å². The number of anilines is 1. The van der Waals surface area contributed by atoms with Crippen molar-refractivity contribution in [1.29, 1.82) is 0 Å². The van der Waals surface area contributed by atoms with Gasteiger partial charge in [-0.3, -0.25) is 4.79 Å². The van der Waals surface area contributed by atoms with Crippen molar-refractivity contribution in [2.24, 2.45) is 0 Å². The molecule has 0 spiro atoms. The molecule has 1 unspecified atom stereocenters. The molecule has 3 heterocycles. The van der Waals surface area contributed by atoms with Crippen molar-refractivity contribution >= 4 is 22.6 Å². The van der Waals surface area contributed by atoms with Gasteiger partial charge in [-0.05, 0) is 61.6 Å². The predicted octanol–water partition coefficient (Wildman–Crippen LogP) is 3.56. The number of nitrogens with zero attached hydrogens (tertiary/aromatic N) is 3. The minimum atomic E-state index is -0.820. The van der Waals surface area contributed by atoms with E-state index in [0.29, 0.717) is 29.8 Å². The maximum absolute atomic E-state index is 13.4. The number of hydrogen-bond donors (Lipinski definition) is 6. The molecular weight excluding hydrogens is 560 g/mol. The molecule has 1 atom stereocenters. The van der Waals surface area contributed by atoms with E-state index >= 15 is 0 Å². The number of phenols is 1. The van der Waals surface area contributed by atoms with Gasteiger partial charge in [0.2, 0.25) is 0 Å². The fraction of sp³-hybridized carbons (Fsp3) is 0.424. The van der Waals surface area contributed by atoms with Crippen LogP contribution < -0.4 is 16.0 Å². The second-order valence-corrected chi connectivity index (χ2v) is 11.1. The lowest BCUT2D eigenvalue weighted by atomic mass is 10.0. The lowest BCUT2D eigenvalue weighted by Crippen LogP contribution is -2.30. The van der Waals surface area contributed by atoms with Crippen LogP contribution in [0.25, 0.3) is 11.0 Å². The Hall–Kier alpha value is -4.03. The van der Waals surface area contributed by atoms with Crippen molar-refractivity contribution in [3.05, 3.63) is 82.2 Å². The molecule has 11 nitrogen and oxygen atoms in total. The molecule has 11 heteroatoms. The Balaban J connectivity index is 1.27. The minimum absolute atomic E-state index is 0.00588. The van der Waals surface area contributed by atoms with Crippen LogP contribution in [0.2, 0.25) is 0 Å². The molecule has 6 N–H and O–H groups in total. The Labute approximate surface area is 257 Å². The summed E-state index contributed by atoms with van der Waals surface area (Å²) in [5.41, 5.74) is 6.13. The van der Waals surface area contributed by atoms with Gasteiger partial charge in [0.25, 0.3) is 5.91 Å². The Bertz CT molecular complexity index is 1580. The smallest absolute Gasteiger partial charge is 0.251 e. The number of aromatic hydroxyl groups is 1. The molecule has 0 aliphatic carbocycles. The van der Waals surface area contributed by atoms with E-state index in [1.807, 2.05) is 29.1 Å². The van der Waals surface area contributed by atoms with Gasteiger partial charge in [0.15, 0.2) is 5.65 Å². The third kappa shape index (κ3) is 7.19. The molecule has 2 aromatic carbocycles. The normalized spacial score (nSPS) is 14.5. The van der Waals surface area contributed by atoms with E-state index in [-0.39, 0.29) is 30.9 Å². The number of carbonyl (C=O) groups excluding carboxylic acids is 1. The van der Waals surface area contributed by atoms with E-state index in [4.69, 9.17) is 9.72 Å². The molecule has 0 radical (unpaired) electrons. The van der Waals surface area contributed by atoms with E-state index in [1.54, 1.807) is 18.2 Å². The summed E-state index contributed by atoms with van der Waals surface area (Å²) in [7, 11) is 0. The van der Waals surface area contributed by atoms with E-state index in [1.165, 1.54) is 6.07 Å². The molecule has 1 fully saturated rings. The van der Waals surface area contributed by atoms with Gasteiger partial charge in [0.1, 0.15) is 5.75 Å². The maximum atomic E-state index is 13.4. The highest BCUT2D eigenvalue weighted by atomic mass is 16.5. The molecule has 5 rings (SSSR count). The number of aliphatic hydroxyl groups excluding tert-OH is 2. The van der Waals surface area contributed by atoms with Gasteiger partial charge in [-0.25, -0.2) is 9.67 Å². The number of ether oxygens (including phenoxy) is 1. The highest BCUT2D eigenvalue weighted by Gasteiger charge is 2.22. The Morgan fingerprint density at radius 3 is 2.70 bits per heavy atom. The summed E-state index contributed by atoms with van der Waals surface area (Å²) in [6.45, 7) is 7.01. The zero-order valence-electron chi connectivity index (χ0n) is 25.3. The van der Waals surface area contributed by atoms with Gasteiger partial charge < -0.3 is 36.0 Å². The number of aryl methyl sites for hydroxylation is 2. The molecular formula is C33H42N6O5. The number of pyridine rings is 1. The molecule has 1 amide bonds. The fourth-order valence-corrected chi connectivity index (χ4v) is 5.60. The van der Waals surface area contributed by atoms with Crippen LogP contribution >= 0.6 is 0 Å². The summed E-state index contributed by atoms with van der Waals surface area (Å²) in [6, 6.07) is 12.3. The number of nitrogens with one attached hydrogen (secondary N) is 3. The van der Waals surface area contributed by atoms with Crippen LogP contribution in [0.3, 0.4) is 0 Å². The predicted molar refractivity (Wildman–Crippen MR) is 168 cm³/mol. The second-order valence-electron chi connectivity index (χ2n) is 11.1. The van der Waals surface area contributed by atoms with Crippen LogP contribution in [0.1, 0.15) is 71.1 Å². The summed E-state index contributed by atoms with van der Waals surface area (Å²) < 4.78 is 7.47. The monoisotopic (exact) mass is 602 g/mol. The van der Waals surface area contributed by atoms with Gasteiger partial charge in [0.05, 0.1) is 30.0 Å². The molecule has 1 aliphatic heterocycles. The summed E-state index contributed by atoms with van der Waals surface area (Å²) in [4.78, 5) is 18.3. The van der Waals surface area contributed by atoms with Gasteiger partial charge in [-0.2, -0.15) is 5.10 Å². The number of benzene rings is 2. The van der Waals surface area contributed by atoms with Crippen molar-refractivity contribution in [3.8, 4) is 5.75 Å². The van der Waals surface area contributed by atoms with Crippen molar-refractivity contribution in [2.75, 3.05) is 25.1 Å². The third-order valence-electron chi connectivity index (χ3n) is 8.12. The number of rotatable bonds is 13. The maximum Gasteiger partial charge on any atom is 0.251 e. The minimum Gasteiger partial charge on any atom is -0.508 e. The Morgan fingerprint density at radius 1 is 1.14 bits per heavy atom. The molecule has 1 saturated heterocycles. The number of fused-ring (bicyclic) bond motifs is 1. The van der Waals surface area contributed by atoms with Crippen LogP contribution in [0, 0.1) is 0 Å². The SMILES string of the molecule is CCc1nc2c(cnn2CC)c(NC2CCOCC2)c1CNC(=O)c1cccc(CNCC(O)c2ccc(O)c(CO)c2)c1.